The molecule has 1 fully saturated rings. The van der Waals surface area contributed by atoms with Crippen LogP contribution in [0.25, 0.3) is 0 Å². The van der Waals surface area contributed by atoms with Crippen LogP contribution in [-0.4, -0.2) is 35.3 Å². The lowest BCUT2D eigenvalue weighted by Gasteiger charge is -2.12. The predicted octanol–water partition coefficient (Wildman–Crippen LogP) is 2.59. The van der Waals surface area contributed by atoms with Gasteiger partial charge >= 0.3 is 5.97 Å². The van der Waals surface area contributed by atoms with E-state index in [1.807, 2.05) is 6.07 Å². The van der Waals surface area contributed by atoms with Crippen LogP contribution in [0, 0.1) is 18.3 Å². The van der Waals surface area contributed by atoms with Gasteiger partial charge in [0.2, 0.25) is 5.91 Å². The zero-order chi connectivity index (χ0) is 17.5. The first-order valence-corrected chi connectivity index (χ1v) is 9.04. The number of carbonyl (C=O) groups excluding carboxylic acids is 2. The van der Waals surface area contributed by atoms with Gasteiger partial charge in [0.15, 0.2) is 0 Å². The smallest absolute Gasteiger partial charge is 0.340 e. The fourth-order valence-corrected chi connectivity index (χ4v) is 3.47. The fraction of sp³-hybridized carbons (Fsp3) is 0.529. The molecule has 24 heavy (non-hydrogen) atoms. The van der Waals surface area contributed by atoms with Gasteiger partial charge in [0.05, 0.1) is 29.2 Å². The van der Waals surface area contributed by atoms with Crippen molar-refractivity contribution >= 4 is 23.6 Å². The molecule has 7 heteroatoms. The van der Waals surface area contributed by atoms with Crippen molar-refractivity contribution in [3.05, 3.63) is 22.9 Å². The predicted molar refractivity (Wildman–Crippen MR) is 90.8 cm³/mol. The Balaban J connectivity index is 2.04. The van der Waals surface area contributed by atoms with Gasteiger partial charge in [-0.3, -0.25) is 4.79 Å². The van der Waals surface area contributed by atoms with Crippen LogP contribution in [-0.2, 0) is 9.53 Å². The Morgan fingerprint density at radius 3 is 2.79 bits per heavy atom. The third kappa shape index (κ3) is 4.71. The molecule has 1 saturated carbocycles. The summed E-state index contributed by atoms with van der Waals surface area (Å²) in [6.07, 6.45) is 4.39. The Hall–Kier alpha value is -2.07. The number of amides is 1. The van der Waals surface area contributed by atoms with Gasteiger partial charge in [0.25, 0.3) is 0 Å². The Labute approximate surface area is 146 Å². The largest absolute Gasteiger partial charge is 0.462 e. The fourth-order valence-electron chi connectivity index (χ4n) is 2.66. The Morgan fingerprint density at radius 1 is 1.46 bits per heavy atom. The molecule has 0 atom stereocenters. The van der Waals surface area contributed by atoms with Crippen molar-refractivity contribution in [1.82, 2.24) is 10.3 Å². The maximum Gasteiger partial charge on any atom is 0.340 e. The maximum absolute atomic E-state index is 12.0. The average Bonchev–Trinajstić information content (AvgIpc) is 3.06. The first-order valence-electron chi connectivity index (χ1n) is 8.06. The van der Waals surface area contributed by atoms with Crippen molar-refractivity contribution in [3.63, 3.8) is 0 Å². The minimum absolute atomic E-state index is 0.0512. The van der Waals surface area contributed by atoms with Crippen LogP contribution >= 0.6 is 11.8 Å². The summed E-state index contributed by atoms with van der Waals surface area (Å²) in [5, 5.41) is 12.8. The van der Waals surface area contributed by atoms with Crippen LogP contribution in [0.3, 0.4) is 0 Å². The van der Waals surface area contributed by atoms with Crippen LogP contribution in [0.1, 0.15) is 54.2 Å². The third-order valence-corrected chi connectivity index (χ3v) is 4.85. The van der Waals surface area contributed by atoms with E-state index < -0.39 is 5.97 Å². The van der Waals surface area contributed by atoms with E-state index in [-0.39, 0.29) is 35.4 Å². The van der Waals surface area contributed by atoms with Crippen molar-refractivity contribution in [2.45, 2.75) is 50.6 Å². The number of nitriles is 1. The molecule has 0 spiro atoms. The minimum atomic E-state index is -0.491. The summed E-state index contributed by atoms with van der Waals surface area (Å²) in [5.41, 5.74) is 1.06. The number of nitrogens with one attached hydrogen (secondary N) is 1. The molecule has 1 aromatic rings. The maximum atomic E-state index is 12.0. The second-order valence-corrected chi connectivity index (χ2v) is 6.61. The van der Waals surface area contributed by atoms with E-state index in [0.717, 1.165) is 25.7 Å². The van der Waals surface area contributed by atoms with E-state index >= 15 is 0 Å². The summed E-state index contributed by atoms with van der Waals surface area (Å²) in [4.78, 5) is 28.2. The molecule has 1 aromatic heterocycles. The molecule has 0 aliphatic heterocycles. The number of aromatic nitrogens is 1. The average molecular weight is 347 g/mol. The lowest BCUT2D eigenvalue weighted by Crippen LogP contribution is -2.33. The summed E-state index contributed by atoms with van der Waals surface area (Å²) >= 11 is 1.21. The van der Waals surface area contributed by atoms with E-state index in [1.165, 1.54) is 17.8 Å². The monoisotopic (exact) mass is 347 g/mol. The molecule has 0 saturated heterocycles. The highest BCUT2D eigenvalue weighted by molar-refractivity contribution is 8.00. The number of thioether (sulfide) groups is 1. The van der Waals surface area contributed by atoms with Gasteiger partial charge in [0.1, 0.15) is 11.1 Å². The summed E-state index contributed by atoms with van der Waals surface area (Å²) in [5.74, 6) is -0.338. The molecule has 1 aliphatic carbocycles. The van der Waals surface area contributed by atoms with Gasteiger partial charge < -0.3 is 10.1 Å². The molecule has 2 rings (SSSR count). The van der Waals surface area contributed by atoms with E-state index in [0.29, 0.717) is 10.7 Å². The van der Waals surface area contributed by atoms with Gasteiger partial charge in [0, 0.05) is 6.04 Å². The number of pyridine rings is 1. The quantitative estimate of drug-likeness (QED) is 0.628. The van der Waals surface area contributed by atoms with Crippen LogP contribution in [0.4, 0.5) is 0 Å². The molecule has 0 unspecified atom stereocenters. The molecule has 1 heterocycles. The lowest BCUT2D eigenvalue weighted by atomic mass is 10.1. The molecular weight excluding hydrogens is 326 g/mol. The van der Waals surface area contributed by atoms with E-state index in [9.17, 15) is 14.9 Å². The molecule has 6 nitrogen and oxygen atoms in total. The highest BCUT2D eigenvalue weighted by atomic mass is 32.2. The molecule has 1 aliphatic rings. The normalized spacial score (nSPS) is 14.2. The number of carbonyl (C=O) groups is 2. The zero-order valence-corrected chi connectivity index (χ0v) is 14.7. The second kappa shape index (κ2) is 8.69. The van der Waals surface area contributed by atoms with Crippen molar-refractivity contribution in [1.29, 1.82) is 5.26 Å². The first kappa shape index (κ1) is 18.3. The van der Waals surface area contributed by atoms with Crippen LogP contribution in [0.5, 0.6) is 0 Å². The highest BCUT2D eigenvalue weighted by Gasteiger charge is 2.19. The lowest BCUT2D eigenvalue weighted by molar-refractivity contribution is -0.119. The molecule has 1 N–H and O–H groups in total. The molecule has 0 aromatic carbocycles. The number of nitrogens with zero attached hydrogens (tertiary/aromatic N) is 2. The van der Waals surface area contributed by atoms with Crippen molar-refractivity contribution in [3.8, 4) is 6.07 Å². The zero-order valence-electron chi connectivity index (χ0n) is 13.9. The first-order chi connectivity index (χ1) is 11.5. The number of hydrogen-bond acceptors (Lipinski definition) is 6. The highest BCUT2D eigenvalue weighted by Crippen LogP contribution is 2.24. The second-order valence-electron chi connectivity index (χ2n) is 5.64. The molecule has 0 bridgehead atoms. The van der Waals surface area contributed by atoms with Gasteiger partial charge in [-0.2, -0.15) is 5.26 Å². The van der Waals surface area contributed by atoms with E-state index in [2.05, 4.69) is 10.3 Å². The number of hydrogen-bond donors (Lipinski definition) is 1. The van der Waals surface area contributed by atoms with Crippen LogP contribution < -0.4 is 5.32 Å². The molecule has 128 valence electrons. The van der Waals surface area contributed by atoms with Crippen molar-refractivity contribution in [2.75, 3.05) is 12.4 Å². The van der Waals surface area contributed by atoms with Gasteiger partial charge in [-0.25, -0.2) is 9.78 Å². The van der Waals surface area contributed by atoms with E-state index in [4.69, 9.17) is 4.74 Å². The summed E-state index contributed by atoms with van der Waals surface area (Å²) in [7, 11) is 0. The molecular formula is C17H21N3O3S. The van der Waals surface area contributed by atoms with Crippen LogP contribution in [0.2, 0.25) is 0 Å². The minimum Gasteiger partial charge on any atom is -0.462 e. The SMILES string of the molecule is CCOC(=O)c1cc(C#N)c(SCC(=O)NC2CCCC2)nc1C. The Kier molecular flexibility index (Phi) is 6.62. The molecule has 1 amide bonds. The summed E-state index contributed by atoms with van der Waals surface area (Å²) < 4.78 is 4.96. The number of esters is 1. The Morgan fingerprint density at radius 2 is 2.17 bits per heavy atom. The summed E-state index contributed by atoms with van der Waals surface area (Å²) in [6.45, 7) is 3.67. The summed E-state index contributed by atoms with van der Waals surface area (Å²) in [6, 6.07) is 3.79. The molecule has 0 radical (unpaired) electrons. The number of ether oxygens (including phenoxy) is 1. The topological polar surface area (TPSA) is 92.1 Å². The van der Waals surface area contributed by atoms with Gasteiger partial charge in [-0.1, -0.05) is 24.6 Å². The van der Waals surface area contributed by atoms with Gasteiger partial charge in [-0.15, -0.1) is 0 Å². The number of aryl methyl sites for hydroxylation is 1. The van der Waals surface area contributed by atoms with Gasteiger partial charge in [-0.05, 0) is 32.8 Å². The van der Waals surface area contributed by atoms with Crippen LogP contribution in [0.15, 0.2) is 11.1 Å². The number of rotatable bonds is 6. The van der Waals surface area contributed by atoms with Crippen molar-refractivity contribution in [2.24, 2.45) is 0 Å². The van der Waals surface area contributed by atoms with Crippen molar-refractivity contribution < 1.29 is 14.3 Å². The Bertz CT molecular complexity index is 664. The third-order valence-electron chi connectivity index (χ3n) is 3.85. The standard InChI is InChI=1S/C17H21N3O3S/c1-3-23-17(22)14-8-12(9-18)16(19-11(14)2)24-10-15(21)20-13-6-4-5-7-13/h8,13H,3-7,10H2,1-2H3,(H,20,21). The van der Waals surface area contributed by atoms with E-state index in [1.54, 1.807) is 13.8 Å².